The van der Waals surface area contributed by atoms with Gasteiger partial charge in [0.2, 0.25) is 0 Å². The van der Waals surface area contributed by atoms with Gasteiger partial charge in [-0.15, -0.1) is 0 Å². The number of carbonyl (C=O) groups excluding carboxylic acids is 1. The topological polar surface area (TPSA) is 85.8 Å². The Bertz CT molecular complexity index is 1510. The lowest BCUT2D eigenvalue weighted by Crippen LogP contribution is -2.51. The maximum Gasteiger partial charge on any atom is 0.410 e. The number of hydrogen-bond donors (Lipinski definition) is 0. The van der Waals surface area contributed by atoms with E-state index < -0.39 is 15.7 Å². The predicted octanol–water partition coefficient (Wildman–Crippen LogP) is 6.10. The van der Waals surface area contributed by atoms with Crippen molar-refractivity contribution in [2.75, 3.05) is 13.1 Å². The Hall–Kier alpha value is -3.46. The fraction of sp³-hybridized carbons (Fsp3) is 0.438. The molecule has 1 amide bonds. The molecule has 1 saturated carbocycles. The molecule has 41 heavy (non-hydrogen) atoms. The van der Waals surface area contributed by atoms with E-state index in [1.54, 1.807) is 0 Å². The zero-order valence-corrected chi connectivity index (χ0v) is 24.0. The minimum absolute atomic E-state index is 0.00000229. The minimum atomic E-state index is -3.45. The Morgan fingerprint density at radius 2 is 1.78 bits per heavy atom. The average Bonchev–Trinajstić information content (AvgIpc) is 3.81. The van der Waals surface area contributed by atoms with Gasteiger partial charge < -0.3 is 14.4 Å². The summed E-state index contributed by atoms with van der Waals surface area (Å²) in [7, 11) is -3.45. The molecule has 2 aliphatic heterocycles. The van der Waals surface area contributed by atoms with Crippen LogP contribution in [-0.4, -0.2) is 49.2 Å². The number of nitrogens with zero attached hydrogens (tertiary/aromatic N) is 2. The molecular weight excluding hydrogens is 543 g/mol. The maximum absolute atomic E-state index is 13.1. The Balaban J connectivity index is 1.05. The van der Waals surface area contributed by atoms with Crippen molar-refractivity contribution < 1.29 is 27.1 Å². The molecule has 1 aromatic heterocycles. The number of amides is 1. The van der Waals surface area contributed by atoms with Crippen LogP contribution in [0.3, 0.4) is 0 Å². The van der Waals surface area contributed by atoms with Gasteiger partial charge in [-0.05, 0) is 85.0 Å². The van der Waals surface area contributed by atoms with Gasteiger partial charge in [0.05, 0.1) is 23.4 Å². The van der Waals surface area contributed by atoms with Gasteiger partial charge in [-0.25, -0.2) is 17.6 Å². The third-order valence-corrected chi connectivity index (χ3v) is 10.1. The molecular formula is C32H35FN2O5S. The highest BCUT2D eigenvalue weighted by molar-refractivity contribution is 7.89. The first-order valence-electron chi connectivity index (χ1n) is 14.3. The standard InChI is InChI=1S/C32H35FN2O5S/c1-22(24-6-7-24)39-31(36)35-16-14-32(15-17-35)13-12-27-18-26(8-11-30(27)40-32)25-4-2-23(3-5-25)20-41(37,38)21-29-10-9-28(33)19-34-29/h2-5,8-11,18-19,22,24H,6-7,12-17,20-21H2,1H3. The van der Waals surface area contributed by atoms with Gasteiger partial charge in [0.25, 0.3) is 0 Å². The first kappa shape index (κ1) is 27.7. The Morgan fingerprint density at radius 1 is 1.05 bits per heavy atom. The number of benzene rings is 2. The number of ether oxygens (including phenoxy) is 2. The maximum atomic E-state index is 13.1. The molecule has 0 bridgehead atoms. The molecule has 1 atom stereocenters. The zero-order chi connectivity index (χ0) is 28.6. The zero-order valence-electron chi connectivity index (χ0n) is 23.2. The fourth-order valence-corrected chi connectivity index (χ4v) is 7.28. The third-order valence-electron chi connectivity index (χ3n) is 8.57. The van der Waals surface area contributed by atoms with Crippen molar-refractivity contribution in [1.29, 1.82) is 0 Å². The lowest BCUT2D eigenvalue weighted by atomic mass is 9.82. The molecule has 3 aliphatic rings. The smallest absolute Gasteiger partial charge is 0.410 e. The molecule has 3 aromatic rings. The van der Waals surface area contributed by atoms with Crippen molar-refractivity contribution in [2.45, 2.75) is 68.7 Å². The van der Waals surface area contributed by atoms with E-state index in [1.807, 2.05) is 48.2 Å². The molecule has 0 radical (unpaired) electrons. The van der Waals surface area contributed by atoms with E-state index in [0.717, 1.165) is 67.2 Å². The molecule has 0 N–H and O–H groups in total. The van der Waals surface area contributed by atoms with Gasteiger partial charge in [0.1, 0.15) is 23.3 Å². The summed E-state index contributed by atoms with van der Waals surface area (Å²) in [5.74, 6) is 0.594. The second kappa shape index (κ2) is 11.1. The van der Waals surface area contributed by atoms with Crippen molar-refractivity contribution in [2.24, 2.45) is 5.92 Å². The summed E-state index contributed by atoms with van der Waals surface area (Å²) < 4.78 is 50.6. The predicted molar refractivity (Wildman–Crippen MR) is 154 cm³/mol. The van der Waals surface area contributed by atoms with Crippen LogP contribution in [-0.2, 0) is 32.5 Å². The van der Waals surface area contributed by atoms with Crippen LogP contribution in [0.1, 0.15) is 55.8 Å². The Morgan fingerprint density at radius 3 is 2.46 bits per heavy atom. The van der Waals surface area contributed by atoms with Gasteiger partial charge >= 0.3 is 6.09 Å². The molecule has 9 heteroatoms. The number of sulfone groups is 1. The molecule has 1 unspecified atom stereocenters. The van der Waals surface area contributed by atoms with Crippen molar-refractivity contribution in [1.82, 2.24) is 9.88 Å². The summed E-state index contributed by atoms with van der Waals surface area (Å²) in [6, 6.07) is 16.4. The van der Waals surface area contributed by atoms with Crippen molar-refractivity contribution in [3.8, 4) is 16.9 Å². The number of aryl methyl sites for hydroxylation is 1. The summed E-state index contributed by atoms with van der Waals surface area (Å²) in [6.45, 7) is 3.28. The first-order valence-corrected chi connectivity index (χ1v) is 16.2. The van der Waals surface area contributed by atoms with Gasteiger partial charge in [-0.2, -0.15) is 0 Å². The number of pyridine rings is 1. The lowest BCUT2D eigenvalue weighted by molar-refractivity contribution is -0.0194. The monoisotopic (exact) mass is 578 g/mol. The van der Waals surface area contributed by atoms with Crippen LogP contribution in [0.2, 0.25) is 0 Å². The number of piperidine rings is 1. The number of hydrogen-bond acceptors (Lipinski definition) is 6. The SMILES string of the molecule is CC(OC(=O)N1CCC2(CCc3cc(-c4ccc(CS(=O)(=O)Cc5ccc(F)cn5)cc4)ccc3O2)CC1)C1CC1. The normalized spacial score (nSPS) is 18.8. The number of fused-ring (bicyclic) bond motifs is 1. The Labute approximate surface area is 240 Å². The van der Waals surface area contributed by atoms with Crippen LogP contribution >= 0.6 is 0 Å². The number of aromatic nitrogens is 1. The number of halogens is 1. The highest BCUT2D eigenvalue weighted by Crippen LogP contribution is 2.41. The quantitative estimate of drug-likeness (QED) is 0.337. The second-order valence-electron chi connectivity index (χ2n) is 11.7. The van der Waals surface area contributed by atoms with Gasteiger partial charge in [0.15, 0.2) is 9.84 Å². The summed E-state index contributed by atoms with van der Waals surface area (Å²) in [6.07, 6.45) is 6.53. The highest BCUT2D eigenvalue weighted by Gasteiger charge is 2.41. The first-order chi connectivity index (χ1) is 19.7. The van der Waals surface area contributed by atoms with Crippen LogP contribution < -0.4 is 4.74 Å². The number of carbonyl (C=O) groups is 1. The minimum Gasteiger partial charge on any atom is -0.487 e. The third kappa shape index (κ3) is 6.56. The molecule has 7 nitrogen and oxygen atoms in total. The van der Waals surface area contributed by atoms with Crippen LogP contribution in [0.5, 0.6) is 5.75 Å². The van der Waals surface area contributed by atoms with Crippen LogP contribution in [0.15, 0.2) is 60.8 Å². The van der Waals surface area contributed by atoms with E-state index in [4.69, 9.17) is 9.47 Å². The van der Waals surface area contributed by atoms with Gasteiger partial charge in [-0.1, -0.05) is 30.3 Å². The van der Waals surface area contributed by atoms with Crippen molar-refractivity contribution in [3.63, 3.8) is 0 Å². The van der Waals surface area contributed by atoms with Crippen LogP contribution in [0.4, 0.5) is 9.18 Å². The molecule has 3 heterocycles. The van der Waals surface area contributed by atoms with Gasteiger partial charge in [-0.3, -0.25) is 4.98 Å². The van der Waals surface area contributed by atoms with E-state index in [0.29, 0.717) is 30.3 Å². The van der Waals surface area contributed by atoms with Gasteiger partial charge in [0, 0.05) is 25.9 Å². The average molecular weight is 579 g/mol. The highest BCUT2D eigenvalue weighted by atomic mass is 32.2. The van der Waals surface area contributed by atoms with E-state index in [9.17, 15) is 17.6 Å². The fourth-order valence-electron chi connectivity index (χ4n) is 5.86. The molecule has 2 aromatic carbocycles. The number of likely N-dealkylation sites (tertiary alicyclic amines) is 1. The molecule has 2 fully saturated rings. The number of rotatable bonds is 7. The molecule has 1 saturated heterocycles. The van der Waals surface area contributed by atoms with Crippen molar-refractivity contribution in [3.05, 3.63) is 83.4 Å². The lowest BCUT2D eigenvalue weighted by Gasteiger charge is -2.44. The molecule has 1 spiro atoms. The molecule has 216 valence electrons. The molecule has 1 aliphatic carbocycles. The van der Waals surface area contributed by atoms with Crippen molar-refractivity contribution >= 4 is 15.9 Å². The van der Waals surface area contributed by atoms with Crippen LogP contribution in [0, 0.1) is 11.7 Å². The summed E-state index contributed by atoms with van der Waals surface area (Å²) >= 11 is 0. The largest absolute Gasteiger partial charge is 0.487 e. The summed E-state index contributed by atoms with van der Waals surface area (Å²) in [5, 5.41) is 0. The molecule has 6 rings (SSSR count). The summed E-state index contributed by atoms with van der Waals surface area (Å²) in [5.41, 5.74) is 3.98. The summed E-state index contributed by atoms with van der Waals surface area (Å²) in [4.78, 5) is 18.3. The van der Waals surface area contributed by atoms with E-state index in [1.165, 1.54) is 12.1 Å². The van der Waals surface area contributed by atoms with E-state index in [-0.39, 0.29) is 29.3 Å². The Kier molecular flexibility index (Phi) is 7.49. The van der Waals surface area contributed by atoms with E-state index >= 15 is 0 Å². The second-order valence-corrected chi connectivity index (χ2v) is 13.8. The van der Waals surface area contributed by atoms with Crippen LogP contribution in [0.25, 0.3) is 11.1 Å². The van der Waals surface area contributed by atoms with E-state index in [2.05, 4.69) is 11.1 Å².